The van der Waals surface area contributed by atoms with Crippen LogP contribution in [0.15, 0.2) is 24.3 Å². The maximum Gasteiger partial charge on any atom is 0.225 e. The molecule has 2 aliphatic rings. The van der Waals surface area contributed by atoms with Gasteiger partial charge in [-0.25, -0.2) is 0 Å². The molecule has 0 aromatic heterocycles. The topological polar surface area (TPSA) is 61.8 Å². The average molecular weight is 318 g/mol. The van der Waals surface area contributed by atoms with Crippen molar-refractivity contribution in [3.63, 3.8) is 0 Å². The summed E-state index contributed by atoms with van der Waals surface area (Å²) in [5, 5.41) is 12.7. The normalized spacial score (nSPS) is 25.4. The number of morpholine rings is 1. The van der Waals surface area contributed by atoms with Crippen LogP contribution in [0.5, 0.6) is 0 Å². The molecule has 2 N–H and O–H groups in total. The van der Waals surface area contributed by atoms with Crippen LogP contribution in [0.4, 0.5) is 0 Å². The third-order valence-electron chi connectivity index (χ3n) is 4.82. The van der Waals surface area contributed by atoms with Gasteiger partial charge in [-0.3, -0.25) is 9.69 Å². The summed E-state index contributed by atoms with van der Waals surface area (Å²) < 4.78 is 5.36. The van der Waals surface area contributed by atoms with Crippen LogP contribution in [0.1, 0.15) is 30.4 Å². The van der Waals surface area contributed by atoms with Crippen LogP contribution < -0.4 is 5.32 Å². The maximum absolute atomic E-state index is 12.1. The lowest BCUT2D eigenvalue weighted by Crippen LogP contribution is -2.35. The van der Waals surface area contributed by atoms with Crippen molar-refractivity contribution in [2.45, 2.75) is 38.5 Å². The minimum Gasteiger partial charge on any atom is -0.392 e. The number of aliphatic hydroxyl groups excluding tert-OH is 1. The Bertz CT molecular complexity index is 512. The highest BCUT2D eigenvalue weighted by molar-refractivity contribution is 5.79. The minimum absolute atomic E-state index is 0.0209. The third-order valence-corrected chi connectivity index (χ3v) is 4.82. The van der Waals surface area contributed by atoms with Gasteiger partial charge in [0.25, 0.3) is 0 Å². The second-order valence-electron chi connectivity index (χ2n) is 6.53. The van der Waals surface area contributed by atoms with E-state index in [1.165, 1.54) is 5.56 Å². The van der Waals surface area contributed by atoms with E-state index < -0.39 is 6.10 Å². The third kappa shape index (κ3) is 4.53. The Labute approximate surface area is 137 Å². The number of hydrogen-bond acceptors (Lipinski definition) is 4. The number of nitrogens with zero attached hydrogens (tertiary/aromatic N) is 1. The van der Waals surface area contributed by atoms with E-state index >= 15 is 0 Å². The fraction of sp³-hybridized carbons (Fsp3) is 0.611. The lowest BCUT2D eigenvalue weighted by atomic mass is 10.0. The van der Waals surface area contributed by atoms with Gasteiger partial charge in [0, 0.05) is 26.2 Å². The monoisotopic (exact) mass is 318 g/mol. The van der Waals surface area contributed by atoms with Crippen LogP contribution in [-0.2, 0) is 22.6 Å². The molecule has 1 saturated heterocycles. The molecule has 3 rings (SSSR count). The summed E-state index contributed by atoms with van der Waals surface area (Å²) in [4.78, 5) is 14.5. The van der Waals surface area contributed by atoms with Gasteiger partial charge in [-0.2, -0.15) is 0 Å². The van der Waals surface area contributed by atoms with E-state index in [-0.39, 0.29) is 11.8 Å². The summed E-state index contributed by atoms with van der Waals surface area (Å²) in [6, 6.07) is 8.39. The highest BCUT2D eigenvalue weighted by Gasteiger charge is 2.31. The van der Waals surface area contributed by atoms with Crippen molar-refractivity contribution in [3.05, 3.63) is 35.4 Å². The van der Waals surface area contributed by atoms with E-state index in [4.69, 9.17) is 4.74 Å². The molecule has 0 spiro atoms. The average Bonchev–Trinajstić information content (AvgIpc) is 3.01. The van der Waals surface area contributed by atoms with Crippen molar-refractivity contribution < 1.29 is 14.6 Å². The first-order chi connectivity index (χ1) is 11.2. The van der Waals surface area contributed by atoms with Gasteiger partial charge in [-0.05, 0) is 30.4 Å². The van der Waals surface area contributed by atoms with Crippen LogP contribution >= 0.6 is 0 Å². The van der Waals surface area contributed by atoms with E-state index in [1.807, 2.05) is 0 Å². The molecule has 23 heavy (non-hydrogen) atoms. The van der Waals surface area contributed by atoms with E-state index in [9.17, 15) is 9.90 Å². The maximum atomic E-state index is 12.1. The molecule has 1 saturated carbocycles. The quantitative estimate of drug-likeness (QED) is 0.859. The van der Waals surface area contributed by atoms with Crippen molar-refractivity contribution in [2.24, 2.45) is 5.92 Å². The zero-order valence-corrected chi connectivity index (χ0v) is 13.5. The fourth-order valence-corrected chi connectivity index (χ4v) is 3.35. The van der Waals surface area contributed by atoms with E-state index in [1.54, 1.807) is 0 Å². The molecule has 1 aromatic carbocycles. The number of hydrogen-bond donors (Lipinski definition) is 2. The largest absolute Gasteiger partial charge is 0.392 e. The molecule has 2 unspecified atom stereocenters. The summed E-state index contributed by atoms with van der Waals surface area (Å²) in [5.41, 5.74) is 2.38. The first-order valence-corrected chi connectivity index (χ1v) is 8.56. The van der Waals surface area contributed by atoms with Crippen LogP contribution in [0.25, 0.3) is 0 Å². The Morgan fingerprint density at radius 3 is 2.52 bits per heavy atom. The first-order valence-electron chi connectivity index (χ1n) is 8.56. The molecular formula is C18H26N2O3. The molecule has 2 atom stereocenters. The zero-order chi connectivity index (χ0) is 16.1. The van der Waals surface area contributed by atoms with Crippen molar-refractivity contribution in [3.8, 4) is 0 Å². The summed E-state index contributed by atoms with van der Waals surface area (Å²) in [6.07, 6.45) is 2.01. The van der Waals surface area contributed by atoms with Gasteiger partial charge >= 0.3 is 0 Å². The van der Waals surface area contributed by atoms with Gasteiger partial charge in [-0.1, -0.05) is 24.3 Å². The SMILES string of the molecule is O=C(NCc1ccc(CN2CCOCC2)cc1)C1CCCC1O. The summed E-state index contributed by atoms with van der Waals surface area (Å²) >= 11 is 0. The van der Waals surface area contributed by atoms with Crippen molar-refractivity contribution >= 4 is 5.91 Å². The second kappa shape index (κ2) is 7.90. The van der Waals surface area contributed by atoms with Gasteiger partial charge in [0.2, 0.25) is 5.91 Å². The van der Waals surface area contributed by atoms with E-state index in [2.05, 4.69) is 34.5 Å². The predicted molar refractivity (Wildman–Crippen MR) is 87.7 cm³/mol. The smallest absolute Gasteiger partial charge is 0.225 e. The molecule has 0 bridgehead atoms. The van der Waals surface area contributed by atoms with Crippen LogP contribution in [-0.4, -0.2) is 48.3 Å². The van der Waals surface area contributed by atoms with Gasteiger partial charge < -0.3 is 15.2 Å². The van der Waals surface area contributed by atoms with E-state index in [0.29, 0.717) is 6.54 Å². The highest BCUT2D eigenvalue weighted by Crippen LogP contribution is 2.25. The Balaban J connectivity index is 1.46. The molecule has 1 aliphatic carbocycles. The Hall–Kier alpha value is -1.43. The van der Waals surface area contributed by atoms with Gasteiger partial charge in [-0.15, -0.1) is 0 Å². The summed E-state index contributed by atoms with van der Waals surface area (Å²) in [6.45, 7) is 5.08. The molecule has 5 heteroatoms. The number of benzene rings is 1. The van der Waals surface area contributed by atoms with Gasteiger partial charge in [0.1, 0.15) is 0 Å². The predicted octanol–water partition coefficient (Wildman–Crippen LogP) is 1.30. The van der Waals surface area contributed by atoms with Crippen LogP contribution in [0.3, 0.4) is 0 Å². The molecule has 1 amide bonds. The second-order valence-corrected chi connectivity index (χ2v) is 6.53. The highest BCUT2D eigenvalue weighted by atomic mass is 16.5. The Morgan fingerprint density at radius 2 is 1.87 bits per heavy atom. The molecule has 0 radical (unpaired) electrons. The van der Waals surface area contributed by atoms with Gasteiger partial charge in [0.15, 0.2) is 0 Å². The number of amides is 1. The number of aliphatic hydroxyl groups is 1. The van der Waals surface area contributed by atoms with E-state index in [0.717, 1.165) is 57.7 Å². The van der Waals surface area contributed by atoms with Crippen LogP contribution in [0, 0.1) is 5.92 Å². The molecule has 1 heterocycles. The molecular weight excluding hydrogens is 292 g/mol. The lowest BCUT2D eigenvalue weighted by molar-refractivity contribution is -0.127. The van der Waals surface area contributed by atoms with Crippen molar-refractivity contribution in [1.29, 1.82) is 0 Å². The summed E-state index contributed by atoms with van der Waals surface area (Å²) in [7, 11) is 0. The standard InChI is InChI=1S/C18H26N2O3/c21-17-3-1-2-16(17)18(22)19-12-14-4-6-15(7-5-14)13-20-8-10-23-11-9-20/h4-7,16-17,21H,1-3,8-13H2,(H,19,22). The summed E-state index contributed by atoms with van der Waals surface area (Å²) in [5.74, 6) is -0.247. The van der Waals surface area contributed by atoms with Crippen molar-refractivity contribution in [2.75, 3.05) is 26.3 Å². The molecule has 2 fully saturated rings. The van der Waals surface area contributed by atoms with Crippen molar-refractivity contribution in [1.82, 2.24) is 10.2 Å². The Kier molecular flexibility index (Phi) is 5.65. The molecule has 5 nitrogen and oxygen atoms in total. The number of ether oxygens (including phenoxy) is 1. The Morgan fingerprint density at radius 1 is 1.17 bits per heavy atom. The number of rotatable bonds is 5. The number of carbonyl (C=O) groups excluding carboxylic acids is 1. The molecule has 1 aliphatic heterocycles. The zero-order valence-electron chi connectivity index (χ0n) is 13.5. The minimum atomic E-state index is -0.467. The van der Waals surface area contributed by atoms with Crippen LogP contribution in [0.2, 0.25) is 0 Å². The van der Waals surface area contributed by atoms with Gasteiger partial charge in [0.05, 0.1) is 25.2 Å². The fourth-order valence-electron chi connectivity index (χ4n) is 3.35. The number of carbonyl (C=O) groups is 1. The molecule has 126 valence electrons. The number of nitrogens with one attached hydrogen (secondary N) is 1. The first kappa shape index (κ1) is 16.4. The lowest BCUT2D eigenvalue weighted by Gasteiger charge is -2.26. The molecule has 1 aromatic rings.